The fraction of sp³-hybridized carbons (Fsp3) is 0.316. The number of carbonyl (C=O) groups is 1. The summed E-state index contributed by atoms with van der Waals surface area (Å²) in [6.07, 6.45) is 0. The van der Waals surface area contributed by atoms with Gasteiger partial charge in [0.25, 0.3) is 0 Å². The number of amides is 1. The molecule has 0 fully saturated rings. The molecule has 0 aliphatic rings. The SMILES string of the molecule is CCNCc1ccccc1NC(=O)CSCc1cccc(C)c1. The molecule has 2 rings (SSSR count). The molecule has 2 aromatic rings. The molecule has 23 heavy (non-hydrogen) atoms. The maximum absolute atomic E-state index is 12.1. The third kappa shape index (κ3) is 6.08. The molecule has 0 aromatic heterocycles. The van der Waals surface area contributed by atoms with Gasteiger partial charge in [-0.25, -0.2) is 0 Å². The third-order valence-corrected chi connectivity index (χ3v) is 4.45. The molecule has 1 amide bonds. The first-order valence-corrected chi connectivity index (χ1v) is 9.06. The fourth-order valence-electron chi connectivity index (χ4n) is 2.31. The Hall–Kier alpha value is -1.78. The van der Waals surface area contributed by atoms with Crippen LogP contribution in [0.2, 0.25) is 0 Å². The largest absolute Gasteiger partial charge is 0.325 e. The van der Waals surface area contributed by atoms with Gasteiger partial charge in [-0.05, 0) is 30.7 Å². The zero-order valence-corrected chi connectivity index (χ0v) is 14.6. The van der Waals surface area contributed by atoms with Crippen LogP contribution in [0.1, 0.15) is 23.6 Å². The van der Waals surface area contributed by atoms with Crippen molar-refractivity contribution in [2.75, 3.05) is 17.6 Å². The van der Waals surface area contributed by atoms with Crippen LogP contribution in [-0.4, -0.2) is 18.2 Å². The smallest absolute Gasteiger partial charge is 0.234 e. The number of para-hydroxylation sites is 1. The molecule has 0 atom stereocenters. The highest BCUT2D eigenvalue weighted by molar-refractivity contribution is 7.99. The number of nitrogens with one attached hydrogen (secondary N) is 2. The maximum atomic E-state index is 12.1. The summed E-state index contributed by atoms with van der Waals surface area (Å²) in [4.78, 5) is 12.1. The van der Waals surface area contributed by atoms with E-state index in [2.05, 4.69) is 48.7 Å². The molecule has 0 heterocycles. The van der Waals surface area contributed by atoms with E-state index in [0.717, 1.165) is 30.1 Å². The van der Waals surface area contributed by atoms with E-state index in [-0.39, 0.29) is 5.91 Å². The van der Waals surface area contributed by atoms with Crippen LogP contribution in [0.4, 0.5) is 5.69 Å². The van der Waals surface area contributed by atoms with Crippen LogP contribution in [0.3, 0.4) is 0 Å². The molecule has 122 valence electrons. The quantitative estimate of drug-likeness (QED) is 0.770. The van der Waals surface area contributed by atoms with E-state index >= 15 is 0 Å². The average molecular weight is 328 g/mol. The standard InChI is InChI=1S/C19H24N2OS/c1-3-20-12-17-9-4-5-10-18(17)21-19(22)14-23-13-16-8-6-7-15(2)11-16/h4-11,20H,3,12-14H2,1-2H3,(H,21,22). The highest BCUT2D eigenvalue weighted by Crippen LogP contribution is 2.17. The van der Waals surface area contributed by atoms with Gasteiger partial charge in [-0.15, -0.1) is 11.8 Å². The van der Waals surface area contributed by atoms with Gasteiger partial charge in [-0.1, -0.05) is 55.0 Å². The maximum Gasteiger partial charge on any atom is 0.234 e. The summed E-state index contributed by atoms with van der Waals surface area (Å²) in [5.74, 6) is 1.36. The summed E-state index contributed by atoms with van der Waals surface area (Å²) < 4.78 is 0. The number of carbonyl (C=O) groups excluding carboxylic acids is 1. The molecule has 0 saturated carbocycles. The van der Waals surface area contributed by atoms with E-state index in [9.17, 15) is 4.79 Å². The van der Waals surface area contributed by atoms with Gasteiger partial charge in [0.2, 0.25) is 5.91 Å². The third-order valence-electron chi connectivity index (χ3n) is 3.44. The Kier molecular flexibility index (Phi) is 7.17. The Labute approximate surface area is 142 Å². The number of aryl methyl sites for hydroxylation is 1. The molecule has 0 saturated heterocycles. The predicted octanol–water partition coefficient (Wildman–Crippen LogP) is 3.98. The topological polar surface area (TPSA) is 41.1 Å². The number of hydrogen-bond donors (Lipinski definition) is 2. The van der Waals surface area contributed by atoms with Gasteiger partial charge >= 0.3 is 0 Å². The van der Waals surface area contributed by atoms with Crippen molar-refractivity contribution in [3.05, 3.63) is 65.2 Å². The lowest BCUT2D eigenvalue weighted by molar-refractivity contribution is -0.113. The van der Waals surface area contributed by atoms with Crippen molar-refractivity contribution in [1.29, 1.82) is 0 Å². The summed E-state index contributed by atoms with van der Waals surface area (Å²) >= 11 is 1.64. The number of thioether (sulfide) groups is 1. The molecular formula is C19H24N2OS. The lowest BCUT2D eigenvalue weighted by Gasteiger charge is -2.11. The summed E-state index contributed by atoms with van der Waals surface area (Å²) in [7, 11) is 0. The zero-order chi connectivity index (χ0) is 16.5. The predicted molar refractivity (Wildman–Crippen MR) is 99.8 cm³/mol. The van der Waals surface area contributed by atoms with Crippen LogP contribution in [0.5, 0.6) is 0 Å². The fourth-order valence-corrected chi connectivity index (χ4v) is 3.08. The molecule has 0 bridgehead atoms. The van der Waals surface area contributed by atoms with E-state index in [4.69, 9.17) is 0 Å². The lowest BCUT2D eigenvalue weighted by Crippen LogP contribution is -2.18. The number of hydrogen-bond acceptors (Lipinski definition) is 3. The van der Waals surface area contributed by atoms with Crippen LogP contribution in [-0.2, 0) is 17.1 Å². The van der Waals surface area contributed by atoms with Gasteiger partial charge in [-0.2, -0.15) is 0 Å². The number of anilines is 1. The number of benzene rings is 2. The second-order valence-corrected chi connectivity index (χ2v) is 6.45. The van der Waals surface area contributed by atoms with Crippen molar-refractivity contribution in [3.8, 4) is 0 Å². The van der Waals surface area contributed by atoms with Crippen molar-refractivity contribution in [2.24, 2.45) is 0 Å². The molecule has 0 spiro atoms. The summed E-state index contributed by atoms with van der Waals surface area (Å²) in [6, 6.07) is 16.3. The van der Waals surface area contributed by atoms with Crippen molar-refractivity contribution in [3.63, 3.8) is 0 Å². The molecule has 0 aliphatic carbocycles. The van der Waals surface area contributed by atoms with Crippen molar-refractivity contribution < 1.29 is 4.79 Å². The Morgan fingerprint density at radius 2 is 1.96 bits per heavy atom. The molecule has 2 N–H and O–H groups in total. The molecule has 2 aromatic carbocycles. The van der Waals surface area contributed by atoms with Crippen LogP contribution in [0.25, 0.3) is 0 Å². The lowest BCUT2D eigenvalue weighted by atomic mass is 10.1. The molecule has 0 radical (unpaired) electrons. The van der Waals surface area contributed by atoms with E-state index in [1.807, 2.05) is 24.3 Å². The Morgan fingerprint density at radius 1 is 1.13 bits per heavy atom. The highest BCUT2D eigenvalue weighted by Gasteiger charge is 2.06. The first-order chi connectivity index (χ1) is 11.2. The van der Waals surface area contributed by atoms with Crippen LogP contribution in [0, 0.1) is 6.92 Å². The van der Waals surface area contributed by atoms with Gasteiger partial charge < -0.3 is 10.6 Å². The van der Waals surface area contributed by atoms with Crippen molar-refractivity contribution in [2.45, 2.75) is 26.1 Å². The highest BCUT2D eigenvalue weighted by atomic mass is 32.2. The van der Waals surface area contributed by atoms with E-state index < -0.39 is 0 Å². The van der Waals surface area contributed by atoms with Gasteiger partial charge in [0.1, 0.15) is 0 Å². The van der Waals surface area contributed by atoms with Gasteiger partial charge in [0.15, 0.2) is 0 Å². The van der Waals surface area contributed by atoms with Crippen LogP contribution >= 0.6 is 11.8 Å². The van der Waals surface area contributed by atoms with E-state index in [1.165, 1.54) is 11.1 Å². The molecule has 3 nitrogen and oxygen atoms in total. The Bertz CT molecular complexity index is 643. The van der Waals surface area contributed by atoms with E-state index in [1.54, 1.807) is 11.8 Å². The van der Waals surface area contributed by atoms with Crippen LogP contribution < -0.4 is 10.6 Å². The summed E-state index contributed by atoms with van der Waals surface area (Å²) in [5.41, 5.74) is 4.53. The Morgan fingerprint density at radius 3 is 2.74 bits per heavy atom. The van der Waals surface area contributed by atoms with E-state index in [0.29, 0.717) is 5.75 Å². The average Bonchev–Trinajstić information content (AvgIpc) is 2.54. The first-order valence-electron chi connectivity index (χ1n) is 7.91. The molecule has 0 unspecified atom stereocenters. The van der Waals surface area contributed by atoms with Crippen molar-refractivity contribution >= 4 is 23.4 Å². The van der Waals surface area contributed by atoms with Gasteiger partial charge in [0.05, 0.1) is 5.75 Å². The molecule has 0 aliphatic heterocycles. The van der Waals surface area contributed by atoms with Crippen LogP contribution in [0.15, 0.2) is 48.5 Å². The van der Waals surface area contributed by atoms with Gasteiger partial charge in [-0.3, -0.25) is 4.79 Å². The minimum atomic E-state index is 0.0478. The monoisotopic (exact) mass is 328 g/mol. The normalized spacial score (nSPS) is 10.5. The second-order valence-electron chi connectivity index (χ2n) is 5.47. The summed E-state index contributed by atoms with van der Waals surface area (Å²) in [6.45, 7) is 5.84. The molecule has 4 heteroatoms. The molecular weight excluding hydrogens is 304 g/mol. The second kappa shape index (κ2) is 9.38. The van der Waals surface area contributed by atoms with Crippen molar-refractivity contribution in [1.82, 2.24) is 5.32 Å². The number of rotatable bonds is 8. The Balaban J connectivity index is 1.83. The van der Waals surface area contributed by atoms with Gasteiger partial charge in [0, 0.05) is 18.0 Å². The first kappa shape index (κ1) is 17.6. The summed E-state index contributed by atoms with van der Waals surface area (Å²) in [5, 5.41) is 6.31. The zero-order valence-electron chi connectivity index (χ0n) is 13.8. The minimum Gasteiger partial charge on any atom is -0.325 e. The minimum absolute atomic E-state index is 0.0478.